The van der Waals surface area contributed by atoms with E-state index in [4.69, 9.17) is 4.74 Å². The van der Waals surface area contributed by atoms with Crippen molar-refractivity contribution in [3.8, 4) is 10.6 Å². The molecule has 2 N–H and O–H groups in total. The first kappa shape index (κ1) is 12.8. The van der Waals surface area contributed by atoms with Crippen molar-refractivity contribution in [3.63, 3.8) is 0 Å². The van der Waals surface area contributed by atoms with Gasteiger partial charge in [0.15, 0.2) is 0 Å². The van der Waals surface area contributed by atoms with Crippen LogP contribution < -0.4 is 5.32 Å². The van der Waals surface area contributed by atoms with Crippen molar-refractivity contribution in [1.82, 2.24) is 15.0 Å². The molecule has 3 aromatic heterocycles. The third-order valence-corrected chi connectivity index (χ3v) is 4.68. The molecule has 1 aliphatic rings. The number of nitrogens with one attached hydrogen (secondary N) is 2. The number of aromatic nitrogens is 3. The van der Waals surface area contributed by atoms with Gasteiger partial charge in [0, 0.05) is 35.2 Å². The van der Waals surface area contributed by atoms with Gasteiger partial charge >= 0.3 is 0 Å². The first-order valence-corrected chi connectivity index (χ1v) is 7.87. The molecule has 0 unspecified atom stereocenters. The second kappa shape index (κ2) is 4.82. The molecule has 3 heterocycles. The molecule has 0 spiro atoms. The SMILES string of the molecule is CC1(OCNc2ccnc3[nH]cc(-c4nccs4)c23)CC1. The molecule has 5 nitrogen and oxygen atoms in total. The Morgan fingerprint density at radius 1 is 1.38 bits per heavy atom. The minimum atomic E-state index is 0.0788. The Labute approximate surface area is 126 Å². The Morgan fingerprint density at radius 3 is 3.05 bits per heavy atom. The molecule has 0 saturated heterocycles. The fourth-order valence-electron chi connectivity index (χ4n) is 2.34. The van der Waals surface area contributed by atoms with Gasteiger partial charge in [-0.15, -0.1) is 11.3 Å². The predicted octanol–water partition coefficient (Wildman–Crippen LogP) is 3.62. The lowest BCUT2D eigenvalue weighted by molar-refractivity contribution is 0.0601. The van der Waals surface area contributed by atoms with Crippen LogP contribution in [0.2, 0.25) is 0 Å². The lowest BCUT2D eigenvalue weighted by Crippen LogP contribution is -2.15. The number of hydrogen-bond acceptors (Lipinski definition) is 5. The zero-order chi connectivity index (χ0) is 14.3. The maximum absolute atomic E-state index is 5.85. The number of pyridine rings is 1. The minimum Gasteiger partial charge on any atom is -0.362 e. The van der Waals surface area contributed by atoms with Gasteiger partial charge in [0.25, 0.3) is 0 Å². The first-order chi connectivity index (χ1) is 10.3. The molecule has 3 aromatic rings. The lowest BCUT2D eigenvalue weighted by Gasteiger charge is -2.13. The van der Waals surface area contributed by atoms with E-state index in [1.165, 1.54) is 0 Å². The Morgan fingerprint density at radius 2 is 2.29 bits per heavy atom. The van der Waals surface area contributed by atoms with Gasteiger partial charge in [0.1, 0.15) is 17.4 Å². The van der Waals surface area contributed by atoms with E-state index in [1.807, 2.05) is 23.8 Å². The van der Waals surface area contributed by atoms with Crippen LogP contribution in [-0.4, -0.2) is 27.3 Å². The van der Waals surface area contributed by atoms with Gasteiger partial charge in [-0.25, -0.2) is 9.97 Å². The van der Waals surface area contributed by atoms with Gasteiger partial charge < -0.3 is 15.0 Å². The van der Waals surface area contributed by atoms with E-state index in [9.17, 15) is 0 Å². The van der Waals surface area contributed by atoms with Crippen LogP contribution in [0.3, 0.4) is 0 Å². The van der Waals surface area contributed by atoms with Gasteiger partial charge in [-0.3, -0.25) is 0 Å². The van der Waals surface area contributed by atoms with Crippen LogP contribution in [0.1, 0.15) is 19.8 Å². The molecular formula is C15H16N4OS. The smallest absolute Gasteiger partial charge is 0.140 e. The summed E-state index contributed by atoms with van der Waals surface area (Å²) < 4.78 is 5.85. The summed E-state index contributed by atoms with van der Waals surface area (Å²) >= 11 is 1.62. The molecule has 4 rings (SSSR count). The zero-order valence-corrected chi connectivity index (χ0v) is 12.5. The quantitative estimate of drug-likeness (QED) is 0.706. The van der Waals surface area contributed by atoms with Crippen LogP contribution in [0, 0.1) is 0 Å². The van der Waals surface area contributed by atoms with Crippen LogP contribution in [0.25, 0.3) is 21.6 Å². The minimum absolute atomic E-state index is 0.0788. The first-order valence-electron chi connectivity index (χ1n) is 6.99. The average Bonchev–Trinajstić information content (AvgIpc) is 2.94. The molecule has 0 bridgehead atoms. The number of aromatic amines is 1. The fourth-order valence-corrected chi connectivity index (χ4v) is 3.00. The van der Waals surface area contributed by atoms with Gasteiger partial charge in [0.2, 0.25) is 0 Å². The van der Waals surface area contributed by atoms with Crippen LogP contribution in [0.5, 0.6) is 0 Å². The number of H-pyrrole nitrogens is 1. The van der Waals surface area contributed by atoms with E-state index < -0.39 is 0 Å². The van der Waals surface area contributed by atoms with Crippen molar-refractivity contribution in [2.45, 2.75) is 25.4 Å². The standard InChI is InChI=1S/C15H16N4OS/c1-15(3-4-15)20-9-19-11-2-5-16-13-12(11)10(8-18-13)14-17-6-7-21-14/h2,5-8H,3-4,9H2,1H3,(H2,16,18,19). The molecular weight excluding hydrogens is 284 g/mol. The molecule has 108 valence electrons. The highest BCUT2D eigenvalue weighted by atomic mass is 32.1. The van der Waals surface area contributed by atoms with Gasteiger partial charge in [-0.1, -0.05) is 0 Å². The maximum atomic E-state index is 5.85. The summed E-state index contributed by atoms with van der Waals surface area (Å²) in [6.07, 6.45) is 7.87. The molecule has 1 fully saturated rings. The Kier molecular flexibility index (Phi) is 2.94. The van der Waals surface area contributed by atoms with Crippen LogP contribution >= 0.6 is 11.3 Å². The molecule has 21 heavy (non-hydrogen) atoms. The molecule has 0 aromatic carbocycles. The Bertz CT molecular complexity index is 761. The topological polar surface area (TPSA) is 62.8 Å². The number of hydrogen-bond donors (Lipinski definition) is 2. The van der Waals surface area contributed by atoms with E-state index in [0.717, 1.165) is 40.1 Å². The molecule has 1 saturated carbocycles. The number of nitrogens with zero attached hydrogens (tertiary/aromatic N) is 2. The van der Waals surface area contributed by atoms with Crippen molar-refractivity contribution in [1.29, 1.82) is 0 Å². The van der Waals surface area contributed by atoms with E-state index in [0.29, 0.717) is 6.73 Å². The molecule has 0 amide bonds. The maximum Gasteiger partial charge on any atom is 0.140 e. The Hall–Kier alpha value is -1.92. The number of fused-ring (bicyclic) bond motifs is 1. The van der Waals surface area contributed by atoms with Gasteiger partial charge in [-0.2, -0.15) is 0 Å². The van der Waals surface area contributed by atoms with E-state index in [-0.39, 0.29) is 5.60 Å². The molecule has 0 aliphatic heterocycles. The number of rotatable bonds is 5. The van der Waals surface area contributed by atoms with Crippen LogP contribution in [0.4, 0.5) is 5.69 Å². The molecule has 0 atom stereocenters. The summed E-state index contributed by atoms with van der Waals surface area (Å²) in [7, 11) is 0. The second-order valence-corrected chi connectivity index (χ2v) is 6.43. The van der Waals surface area contributed by atoms with Crippen molar-refractivity contribution in [2.75, 3.05) is 12.0 Å². The van der Waals surface area contributed by atoms with Crippen molar-refractivity contribution in [2.24, 2.45) is 0 Å². The molecule has 0 radical (unpaired) electrons. The molecule has 1 aliphatic carbocycles. The normalized spacial score (nSPS) is 16.2. The summed E-state index contributed by atoms with van der Waals surface area (Å²) in [6.45, 7) is 2.66. The summed E-state index contributed by atoms with van der Waals surface area (Å²) in [5.74, 6) is 0. The monoisotopic (exact) mass is 300 g/mol. The zero-order valence-electron chi connectivity index (χ0n) is 11.7. The van der Waals surface area contributed by atoms with Crippen molar-refractivity contribution >= 4 is 28.1 Å². The Balaban J connectivity index is 1.66. The van der Waals surface area contributed by atoms with Gasteiger partial charge in [0.05, 0.1) is 11.0 Å². The lowest BCUT2D eigenvalue weighted by atomic mass is 10.2. The number of anilines is 1. The third-order valence-electron chi connectivity index (χ3n) is 3.87. The van der Waals surface area contributed by atoms with Crippen LogP contribution in [0.15, 0.2) is 30.0 Å². The van der Waals surface area contributed by atoms with Crippen molar-refractivity contribution < 1.29 is 4.74 Å². The van der Waals surface area contributed by atoms with E-state index in [1.54, 1.807) is 17.5 Å². The van der Waals surface area contributed by atoms with Crippen molar-refractivity contribution in [3.05, 3.63) is 30.0 Å². The fraction of sp³-hybridized carbons (Fsp3) is 0.333. The third kappa shape index (κ3) is 2.41. The van der Waals surface area contributed by atoms with E-state index >= 15 is 0 Å². The predicted molar refractivity (Wildman–Crippen MR) is 84.4 cm³/mol. The largest absolute Gasteiger partial charge is 0.362 e. The number of ether oxygens (including phenoxy) is 1. The number of thiazole rings is 1. The summed E-state index contributed by atoms with van der Waals surface area (Å²) in [6, 6.07) is 1.98. The molecule has 6 heteroatoms. The summed E-state index contributed by atoms with van der Waals surface area (Å²) in [4.78, 5) is 12.0. The average molecular weight is 300 g/mol. The highest BCUT2D eigenvalue weighted by Crippen LogP contribution is 2.39. The van der Waals surface area contributed by atoms with Crippen LogP contribution in [-0.2, 0) is 4.74 Å². The second-order valence-electron chi connectivity index (χ2n) is 5.54. The summed E-state index contributed by atoms with van der Waals surface area (Å²) in [5, 5.41) is 7.41. The van der Waals surface area contributed by atoms with E-state index in [2.05, 4.69) is 27.2 Å². The highest BCUT2D eigenvalue weighted by Gasteiger charge is 2.38. The summed E-state index contributed by atoms with van der Waals surface area (Å²) in [5.41, 5.74) is 3.04. The van der Waals surface area contributed by atoms with Gasteiger partial charge in [-0.05, 0) is 25.8 Å². The highest BCUT2D eigenvalue weighted by molar-refractivity contribution is 7.13.